The summed E-state index contributed by atoms with van der Waals surface area (Å²) in [7, 11) is 0. The Hall–Kier alpha value is -3.49. The van der Waals surface area contributed by atoms with Crippen molar-refractivity contribution in [2.24, 2.45) is 0 Å². The van der Waals surface area contributed by atoms with E-state index in [0.29, 0.717) is 56.0 Å². The van der Waals surface area contributed by atoms with Crippen molar-refractivity contribution in [2.45, 2.75) is 38.9 Å². The average Bonchev–Trinajstić information content (AvgIpc) is 2.79. The van der Waals surface area contributed by atoms with Gasteiger partial charge in [-0.1, -0.05) is 12.1 Å². The summed E-state index contributed by atoms with van der Waals surface area (Å²) in [6, 6.07) is 9.45. The van der Waals surface area contributed by atoms with Crippen LogP contribution in [-0.4, -0.2) is 39.7 Å². The molecule has 9 heteroatoms. The second-order valence-electron chi connectivity index (χ2n) is 7.55. The van der Waals surface area contributed by atoms with Crippen LogP contribution in [0.5, 0.6) is 0 Å². The zero-order chi connectivity index (χ0) is 21.8. The number of urea groups is 1. The topological polar surface area (TPSA) is 92.2 Å². The highest BCUT2D eigenvalue weighted by Gasteiger charge is 2.24. The van der Waals surface area contributed by atoms with Gasteiger partial charge in [0.2, 0.25) is 0 Å². The number of hydrogen-bond acceptors (Lipinski definition) is 5. The van der Waals surface area contributed by atoms with E-state index in [4.69, 9.17) is 0 Å². The Balaban J connectivity index is 1.35. The summed E-state index contributed by atoms with van der Waals surface area (Å²) >= 11 is 0. The van der Waals surface area contributed by atoms with Crippen molar-refractivity contribution < 1.29 is 9.18 Å². The molecule has 0 atom stereocenters. The molecule has 1 aliphatic rings. The van der Waals surface area contributed by atoms with Crippen molar-refractivity contribution in [1.82, 2.24) is 25.2 Å². The zero-order valence-corrected chi connectivity index (χ0v) is 17.3. The third kappa shape index (κ3) is 4.65. The number of carbonyl (C=O) groups excluding carboxylic acids is 1. The highest BCUT2D eigenvalue weighted by atomic mass is 19.1. The number of pyridine rings is 1. The van der Waals surface area contributed by atoms with Crippen molar-refractivity contribution in [3.63, 3.8) is 0 Å². The summed E-state index contributed by atoms with van der Waals surface area (Å²) in [4.78, 5) is 36.0. The summed E-state index contributed by atoms with van der Waals surface area (Å²) in [5.74, 6) is 0.129. The molecule has 2 aromatic heterocycles. The number of anilines is 1. The fraction of sp³-hybridized carbons (Fsp3) is 0.364. The third-order valence-corrected chi connectivity index (χ3v) is 5.50. The first-order valence-electron chi connectivity index (χ1n) is 10.4. The zero-order valence-electron chi connectivity index (χ0n) is 17.3. The van der Waals surface area contributed by atoms with E-state index in [0.717, 1.165) is 5.56 Å². The number of fused-ring (bicyclic) bond motifs is 1. The molecule has 2 N–H and O–H groups in total. The number of piperidine rings is 1. The number of rotatable bonds is 5. The molecule has 162 valence electrons. The first kappa shape index (κ1) is 20.8. The van der Waals surface area contributed by atoms with Crippen LogP contribution in [0.25, 0.3) is 11.2 Å². The standard InChI is InChI=1S/C22H25FN6O2/c1-2-29-19-18(4-3-11-24-19)27-20(21(29)30)28-12-9-17(10-13-28)26-22(31)25-14-15-5-7-16(23)8-6-15/h3-8,11,17H,2,9-10,12-14H2,1H3,(H2,25,26,31). The molecule has 0 saturated carbocycles. The van der Waals surface area contributed by atoms with Crippen LogP contribution < -0.4 is 21.1 Å². The number of aromatic nitrogens is 3. The molecule has 8 nitrogen and oxygen atoms in total. The Morgan fingerprint density at radius 3 is 2.65 bits per heavy atom. The monoisotopic (exact) mass is 424 g/mol. The molecule has 0 aliphatic carbocycles. The molecule has 1 saturated heterocycles. The number of benzene rings is 1. The lowest BCUT2D eigenvalue weighted by molar-refractivity contribution is 0.234. The molecular weight excluding hydrogens is 399 g/mol. The minimum atomic E-state index is -0.303. The molecule has 4 rings (SSSR count). The minimum absolute atomic E-state index is 0.0139. The SMILES string of the molecule is CCn1c(=O)c(N2CCC(NC(=O)NCc3ccc(F)cc3)CC2)nc2cccnc21. The van der Waals surface area contributed by atoms with Gasteiger partial charge in [-0.2, -0.15) is 0 Å². The minimum Gasteiger partial charge on any atom is -0.352 e. The van der Waals surface area contributed by atoms with Crippen LogP contribution in [0.3, 0.4) is 0 Å². The lowest BCUT2D eigenvalue weighted by Crippen LogP contribution is -2.49. The normalized spacial score (nSPS) is 14.6. The van der Waals surface area contributed by atoms with Gasteiger partial charge in [0.15, 0.2) is 11.5 Å². The molecule has 31 heavy (non-hydrogen) atoms. The second-order valence-corrected chi connectivity index (χ2v) is 7.55. The van der Waals surface area contributed by atoms with Gasteiger partial charge in [0.25, 0.3) is 5.56 Å². The van der Waals surface area contributed by atoms with Gasteiger partial charge in [-0.05, 0) is 49.6 Å². The first-order chi connectivity index (χ1) is 15.0. The van der Waals surface area contributed by atoms with Gasteiger partial charge in [0.05, 0.1) is 0 Å². The van der Waals surface area contributed by atoms with E-state index in [9.17, 15) is 14.0 Å². The smallest absolute Gasteiger partial charge is 0.315 e. The van der Waals surface area contributed by atoms with Gasteiger partial charge < -0.3 is 15.5 Å². The Morgan fingerprint density at radius 1 is 1.19 bits per heavy atom. The lowest BCUT2D eigenvalue weighted by atomic mass is 10.1. The third-order valence-electron chi connectivity index (χ3n) is 5.50. The fourth-order valence-corrected chi connectivity index (χ4v) is 3.82. The molecule has 0 radical (unpaired) electrons. The van der Waals surface area contributed by atoms with Gasteiger partial charge >= 0.3 is 6.03 Å². The maximum atomic E-state index is 13.0. The number of aryl methyl sites for hydroxylation is 1. The molecule has 0 bridgehead atoms. The van der Waals surface area contributed by atoms with E-state index in [2.05, 4.69) is 20.6 Å². The Bertz CT molecular complexity index is 1120. The van der Waals surface area contributed by atoms with Gasteiger partial charge in [-0.3, -0.25) is 9.36 Å². The van der Waals surface area contributed by atoms with Gasteiger partial charge in [0.1, 0.15) is 11.3 Å². The molecule has 2 amide bonds. The van der Waals surface area contributed by atoms with E-state index >= 15 is 0 Å². The largest absolute Gasteiger partial charge is 0.352 e. The summed E-state index contributed by atoms with van der Waals surface area (Å²) in [6.45, 7) is 4.02. The van der Waals surface area contributed by atoms with Crippen LogP contribution in [0.2, 0.25) is 0 Å². The lowest BCUT2D eigenvalue weighted by Gasteiger charge is -2.33. The number of nitrogens with one attached hydrogen (secondary N) is 2. The number of nitrogens with zero attached hydrogens (tertiary/aromatic N) is 4. The van der Waals surface area contributed by atoms with E-state index in [1.807, 2.05) is 24.0 Å². The summed E-state index contributed by atoms with van der Waals surface area (Å²) < 4.78 is 14.6. The molecule has 0 unspecified atom stereocenters. The number of halogens is 1. The Labute approximate surface area is 179 Å². The van der Waals surface area contributed by atoms with Crippen LogP contribution in [0.15, 0.2) is 47.4 Å². The number of hydrogen-bond donors (Lipinski definition) is 2. The van der Waals surface area contributed by atoms with Crippen LogP contribution in [0.4, 0.5) is 15.0 Å². The summed E-state index contributed by atoms with van der Waals surface area (Å²) in [5.41, 5.74) is 1.97. The van der Waals surface area contributed by atoms with Crippen LogP contribution >= 0.6 is 0 Å². The Morgan fingerprint density at radius 2 is 1.94 bits per heavy atom. The van der Waals surface area contributed by atoms with Crippen molar-refractivity contribution in [2.75, 3.05) is 18.0 Å². The Kier molecular flexibility index (Phi) is 6.11. The van der Waals surface area contributed by atoms with Crippen molar-refractivity contribution in [3.05, 3.63) is 64.3 Å². The van der Waals surface area contributed by atoms with Crippen LogP contribution in [0, 0.1) is 5.82 Å². The highest BCUT2D eigenvalue weighted by molar-refractivity contribution is 5.74. The predicted molar refractivity (Wildman–Crippen MR) is 116 cm³/mol. The van der Waals surface area contributed by atoms with E-state index in [1.165, 1.54) is 12.1 Å². The van der Waals surface area contributed by atoms with Crippen LogP contribution in [0.1, 0.15) is 25.3 Å². The summed E-state index contributed by atoms with van der Waals surface area (Å²) in [6.07, 6.45) is 3.08. The van der Waals surface area contributed by atoms with Crippen LogP contribution in [-0.2, 0) is 13.1 Å². The highest BCUT2D eigenvalue weighted by Crippen LogP contribution is 2.18. The molecule has 0 spiro atoms. The van der Waals surface area contributed by atoms with E-state index in [1.54, 1.807) is 22.9 Å². The number of carbonyl (C=O) groups is 1. The second kappa shape index (κ2) is 9.11. The fourth-order valence-electron chi connectivity index (χ4n) is 3.82. The summed E-state index contributed by atoms with van der Waals surface area (Å²) in [5, 5.41) is 5.77. The molecular formula is C22H25FN6O2. The first-order valence-corrected chi connectivity index (χ1v) is 10.4. The molecule has 1 fully saturated rings. The van der Waals surface area contributed by atoms with Gasteiger partial charge in [0, 0.05) is 38.4 Å². The van der Waals surface area contributed by atoms with E-state index < -0.39 is 0 Å². The maximum Gasteiger partial charge on any atom is 0.315 e. The molecule has 1 aliphatic heterocycles. The van der Waals surface area contributed by atoms with Gasteiger partial charge in [-0.15, -0.1) is 0 Å². The van der Waals surface area contributed by atoms with Gasteiger partial charge in [-0.25, -0.2) is 19.2 Å². The maximum absolute atomic E-state index is 13.0. The predicted octanol–water partition coefficient (Wildman–Crippen LogP) is 2.42. The molecule has 3 aromatic rings. The molecule has 3 heterocycles. The van der Waals surface area contributed by atoms with Crippen molar-refractivity contribution in [1.29, 1.82) is 0 Å². The van der Waals surface area contributed by atoms with E-state index in [-0.39, 0.29) is 23.4 Å². The quantitative estimate of drug-likeness (QED) is 0.656. The van der Waals surface area contributed by atoms with Crippen molar-refractivity contribution in [3.8, 4) is 0 Å². The molecule has 1 aromatic carbocycles. The number of amides is 2. The average molecular weight is 424 g/mol. The van der Waals surface area contributed by atoms with Crippen molar-refractivity contribution >= 4 is 23.0 Å².